The summed E-state index contributed by atoms with van der Waals surface area (Å²) in [5.41, 5.74) is 3.44. The average molecular weight is 1050 g/mol. The van der Waals surface area contributed by atoms with Gasteiger partial charge in [-0.1, -0.05) is 68.4 Å². The van der Waals surface area contributed by atoms with Crippen molar-refractivity contribution < 1.29 is 54.9 Å². The highest BCUT2D eigenvalue weighted by atomic mass is 32.2. The van der Waals surface area contributed by atoms with Crippen LogP contribution in [0.3, 0.4) is 0 Å². The fraction of sp³-hybridized carbons (Fsp3) is 0.380. The average Bonchev–Trinajstić information content (AvgIpc) is 4.09. The van der Waals surface area contributed by atoms with Crippen molar-refractivity contribution in [3.05, 3.63) is 127 Å². The molecular weight excluding hydrogens is 983 g/mol. The Morgan fingerprint density at radius 3 is 2.03 bits per heavy atom. The molecule has 0 fully saturated rings. The second-order valence-corrected chi connectivity index (χ2v) is 19.5. The van der Waals surface area contributed by atoms with E-state index >= 15 is 0 Å². The van der Waals surface area contributed by atoms with Gasteiger partial charge in [-0.25, -0.2) is 31.3 Å². The van der Waals surface area contributed by atoms with Crippen LogP contribution < -0.4 is 25.4 Å². The van der Waals surface area contributed by atoms with E-state index in [0.717, 1.165) is 49.4 Å². The van der Waals surface area contributed by atoms with Gasteiger partial charge in [0.2, 0.25) is 20.0 Å². The molecule has 0 aliphatic carbocycles. The van der Waals surface area contributed by atoms with Crippen LogP contribution in [0.1, 0.15) is 49.0 Å². The molecule has 1 unspecified atom stereocenters. The van der Waals surface area contributed by atoms with Crippen molar-refractivity contribution in [1.82, 2.24) is 39.8 Å². The first kappa shape index (κ1) is 57.2. The lowest BCUT2D eigenvalue weighted by Gasteiger charge is -2.17. The molecule has 2 amide bonds. The number of esters is 1. The molecule has 0 aliphatic rings. The first-order chi connectivity index (χ1) is 35.3. The number of benzene rings is 4. The van der Waals surface area contributed by atoms with E-state index in [-0.39, 0.29) is 29.5 Å². The molecule has 1 atom stereocenters. The van der Waals surface area contributed by atoms with Crippen molar-refractivity contribution in [2.45, 2.75) is 62.1 Å². The zero-order valence-corrected chi connectivity index (χ0v) is 42.8. The Bertz CT molecular complexity index is 2820. The highest BCUT2D eigenvalue weighted by molar-refractivity contribution is 7.89. The Morgan fingerprint density at radius 1 is 0.740 bits per heavy atom. The third kappa shape index (κ3) is 19.3. The number of aromatic nitrogens is 4. The monoisotopic (exact) mass is 1050 g/mol. The van der Waals surface area contributed by atoms with Gasteiger partial charge in [0.25, 0.3) is 5.91 Å². The lowest BCUT2D eigenvalue weighted by atomic mass is 10.1. The summed E-state index contributed by atoms with van der Waals surface area (Å²) in [4.78, 5) is 44.1. The predicted molar refractivity (Wildman–Crippen MR) is 275 cm³/mol. The third-order valence-corrected chi connectivity index (χ3v) is 13.6. The van der Waals surface area contributed by atoms with Gasteiger partial charge >= 0.3 is 12.1 Å². The molecule has 2 heterocycles. The summed E-state index contributed by atoms with van der Waals surface area (Å²) in [7, 11) is -6.71. The van der Waals surface area contributed by atoms with Crippen LogP contribution >= 0.6 is 0 Å². The molecule has 21 nitrogen and oxygen atoms in total. The number of carbonyl (C=O) groups is 3. The molecule has 6 aromatic rings. The standard InChI is InChI=1S/C32H36N8O7S2.C18H29NO5/c1-3-38-48(43,44)26-10-5-22(6-11-26)23-7-12-27(13-8-23)49(45,46)39-28(31(42)47-2)21-36-30(41)24-9-14-29-25(19-24)20-37-40(29)18-4-15-33-32-34-16-17-35-32;1-2-10-21-12-14-23-15-13-22-11-6-9-19-18(20)24-16-17-7-4-3-5-8-17/h5-14,16-17,19-20,28,38-39H,3-4,15,18,21H2,1-2H3,(H,36,41)(H2,33,34,35);3-5,7-8H,2,6,9-16H2,1H3,(H,19,20). The lowest BCUT2D eigenvalue weighted by molar-refractivity contribution is -0.142. The number of imidazole rings is 1. The number of carbonyl (C=O) groups excluding carboxylic acids is 3. The first-order valence-corrected chi connectivity index (χ1v) is 26.7. The molecule has 6 rings (SSSR count). The topological polar surface area (TPSA) is 272 Å². The molecule has 2 aromatic heterocycles. The van der Waals surface area contributed by atoms with E-state index < -0.39 is 44.1 Å². The lowest BCUT2D eigenvalue weighted by Crippen LogP contribution is -2.48. The van der Waals surface area contributed by atoms with E-state index in [0.29, 0.717) is 75.3 Å². The van der Waals surface area contributed by atoms with Gasteiger partial charge in [0.1, 0.15) is 12.6 Å². The van der Waals surface area contributed by atoms with Gasteiger partial charge in [-0.3, -0.25) is 14.3 Å². The Labute approximate surface area is 426 Å². The molecule has 0 saturated heterocycles. The number of aryl methyl sites for hydroxylation is 1. The fourth-order valence-electron chi connectivity index (χ4n) is 6.82. The van der Waals surface area contributed by atoms with Crippen molar-refractivity contribution >= 4 is 54.9 Å². The Hall–Kier alpha value is -6.73. The van der Waals surface area contributed by atoms with Crippen molar-refractivity contribution in [2.24, 2.45) is 0 Å². The summed E-state index contributed by atoms with van der Waals surface area (Å²) in [5.74, 6) is -0.704. The van der Waals surface area contributed by atoms with Gasteiger partial charge in [-0.05, 0) is 78.4 Å². The number of nitrogens with one attached hydrogen (secondary N) is 6. The highest BCUT2D eigenvalue weighted by Gasteiger charge is 2.27. The van der Waals surface area contributed by atoms with Crippen LogP contribution in [0.5, 0.6) is 0 Å². The number of sulfonamides is 2. The number of H-pyrrole nitrogens is 1. The maximum absolute atomic E-state index is 13.2. The van der Waals surface area contributed by atoms with Crippen molar-refractivity contribution in [1.29, 1.82) is 0 Å². The van der Waals surface area contributed by atoms with Crippen LogP contribution in [0.4, 0.5) is 10.7 Å². The molecule has 0 spiro atoms. The van der Waals surface area contributed by atoms with Gasteiger partial charge in [0, 0.05) is 69.3 Å². The van der Waals surface area contributed by atoms with Crippen LogP contribution in [0.2, 0.25) is 0 Å². The maximum atomic E-state index is 13.2. The zero-order chi connectivity index (χ0) is 52.3. The number of rotatable bonds is 30. The number of alkyl carbamates (subject to hydrolysis) is 1. The number of nitrogens with zero attached hydrogens (tertiary/aromatic N) is 3. The molecule has 394 valence electrons. The zero-order valence-electron chi connectivity index (χ0n) is 41.2. The van der Waals surface area contributed by atoms with Crippen molar-refractivity contribution in [3.63, 3.8) is 0 Å². The largest absolute Gasteiger partial charge is 0.468 e. The van der Waals surface area contributed by atoms with E-state index in [9.17, 15) is 31.2 Å². The molecule has 0 aliphatic heterocycles. The smallest absolute Gasteiger partial charge is 0.407 e. The first-order valence-electron chi connectivity index (χ1n) is 23.8. The van der Waals surface area contributed by atoms with Crippen LogP contribution in [0.25, 0.3) is 22.0 Å². The minimum Gasteiger partial charge on any atom is -0.468 e. The number of methoxy groups -OCH3 is 1. The minimum atomic E-state index is -4.22. The van der Waals surface area contributed by atoms with E-state index in [4.69, 9.17) is 23.7 Å². The number of ether oxygens (including phenoxy) is 5. The van der Waals surface area contributed by atoms with Crippen LogP contribution in [-0.4, -0.2) is 134 Å². The number of anilines is 1. The third-order valence-electron chi connectivity index (χ3n) is 10.5. The minimum absolute atomic E-state index is 0.112. The Kier molecular flexibility index (Phi) is 23.8. The summed E-state index contributed by atoms with van der Waals surface area (Å²) in [6.07, 6.45) is 7.20. The quantitative estimate of drug-likeness (QED) is 0.0249. The fourth-order valence-corrected chi connectivity index (χ4v) is 9.05. The van der Waals surface area contributed by atoms with E-state index in [2.05, 4.69) is 47.4 Å². The Morgan fingerprint density at radius 2 is 1.40 bits per heavy atom. The van der Waals surface area contributed by atoms with Gasteiger partial charge < -0.3 is 44.6 Å². The van der Waals surface area contributed by atoms with Crippen molar-refractivity contribution in [3.8, 4) is 11.1 Å². The molecule has 6 N–H and O–H groups in total. The number of amides is 2. The number of hydrogen-bond donors (Lipinski definition) is 6. The molecule has 4 aromatic carbocycles. The summed E-state index contributed by atoms with van der Waals surface area (Å²) < 4.78 is 83.4. The van der Waals surface area contributed by atoms with Crippen molar-refractivity contribution in [2.75, 3.05) is 78.2 Å². The molecule has 73 heavy (non-hydrogen) atoms. The van der Waals surface area contributed by atoms with Gasteiger partial charge in [-0.15, -0.1) is 0 Å². The molecule has 0 saturated carbocycles. The summed E-state index contributed by atoms with van der Waals surface area (Å²) in [6.45, 7) is 9.47. The van der Waals surface area contributed by atoms with E-state index in [1.807, 2.05) is 35.0 Å². The van der Waals surface area contributed by atoms with Gasteiger partial charge in [0.05, 0.1) is 55.0 Å². The van der Waals surface area contributed by atoms with Crippen LogP contribution in [0.15, 0.2) is 125 Å². The summed E-state index contributed by atoms with van der Waals surface area (Å²) in [5, 5.41) is 13.7. The highest BCUT2D eigenvalue weighted by Crippen LogP contribution is 2.24. The summed E-state index contributed by atoms with van der Waals surface area (Å²) >= 11 is 0. The van der Waals surface area contributed by atoms with E-state index in [1.165, 1.54) is 24.3 Å². The SMILES string of the molecule is CCCOCCOCCOCCCNC(=O)OCc1ccccc1.CCNS(=O)(=O)c1ccc(-c2ccc(S(=O)(=O)NC(CNC(=O)c3ccc4c(cnn4CCCNc4ncc[nH]4)c3)C(=O)OC)cc2)cc1. The molecule has 0 bridgehead atoms. The van der Waals surface area contributed by atoms with Crippen LogP contribution in [-0.2, 0) is 61.7 Å². The number of fused-ring (bicyclic) bond motifs is 1. The number of hydrogen-bond acceptors (Lipinski definition) is 15. The van der Waals surface area contributed by atoms with Crippen LogP contribution in [0, 0.1) is 0 Å². The van der Waals surface area contributed by atoms with Gasteiger partial charge in [-0.2, -0.15) is 9.82 Å². The molecule has 23 heteroatoms. The van der Waals surface area contributed by atoms with E-state index in [1.54, 1.807) is 68.0 Å². The molecular formula is C50H65N9O12S2. The number of aromatic amines is 1. The second kappa shape index (κ2) is 30.3. The predicted octanol–water partition coefficient (Wildman–Crippen LogP) is 5.24. The maximum Gasteiger partial charge on any atom is 0.407 e. The van der Waals surface area contributed by atoms with Gasteiger partial charge in [0.15, 0.2) is 5.95 Å². The normalized spacial score (nSPS) is 11.8. The Balaban J connectivity index is 0.000000346. The summed E-state index contributed by atoms with van der Waals surface area (Å²) in [6, 6.07) is 25.3. The molecule has 0 radical (unpaired) electrons. The second-order valence-electron chi connectivity index (χ2n) is 16.0.